The number of piperidine rings is 1. The highest BCUT2D eigenvalue weighted by atomic mass is 32.2. The monoisotopic (exact) mass is 581 g/mol. The highest BCUT2D eigenvalue weighted by molar-refractivity contribution is 8.01. The van der Waals surface area contributed by atoms with Crippen molar-refractivity contribution in [3.63, 3.8) is 0 Å². The van der Waals surface area contributed by atoms with Crippen molar-refractivity contribution in [1.29, 1.82) is 5.26 Å². The molecule has 3 fully saturated rings. The lowest BCUT2D eigenvalue weighted by Crippen LogP contribution is -2.41. The topological polar surface area (TPSA) is 128 Å². The number of carbonyl (C=O) groups is 1. The van der Waals surface area contributed by atoms with Crippen LogP contribution in [0.25, 0.3) is 10.9 Å². The molecule has 6 rings (SSSR count). The quantitative estimate of drug-likeness (QED) is 0.406. The van der Waals surface area contributed by atoms with Crippen molar-refractivity contribution in [2.24, 2.45) is 0 Å². The third kappa shape index (κ3) is 6.23. The SMILES string of the molecule is C=O.N#Cc1c(NSC2CCOCC2)ccc(F)c1Oc1ccc2ncn(C3COC4(CCNCC4)C3)c(=O)c2c1. The number of fused-ring (bicyclic) bond motifs is 1. The number of nitrogens with zero attached hydrogens (tertiary/aromatic N) is 3. The van der Waals surface area contributed by atoms with E-state index in [1.54, 1.807) is 29.1 Å². The number of nitrogens with one attached hydrogen (secondary N) is 2. The van der Waals surface area contributed by atoms with Crippen LogP contribution >= 0.6 is 11.9 Å². The molecule has 0 saturated carbocycles. The van der Waals surface area contributed by atoms with E-state index < -0.39 is 5.82 Å². The van der Waals surface area contributed by atoms with Gasteiger partial charge in [-0.05, 0) is 87.5 Å². The van der Waals surface area contributed by atoms with Gasteiger partial charge in [0, 0.05) is 18.5 Å². The lowest BCUT2D eigenvalue weighted by Gasteiger charge is -2.32. The average molecular weight is 582 g/mol. The Bertz CT molecular complexity index is 1480. The Morgan fingerprint density at radius 2 is 2.00 bits per heavy atom. The minimum absolute atomic E-state index is 0.0635. The van der Waals surface area contributed by atoms with E-state index in [-0.39, 0.29) is 34.3 Å². The summed E-state index contributed by atoms with van der Waals surface area (Å²) in [5.41, 5.74) is 0.664. The predicted molar refractivity (Wildman–Crippen MR) is 154 cm³/mol. The van der Waals surface area contributed by atoms with Gasteiger partial charge in [-0.15, -0.1) is 0 Å². The summed E-state index contributed by atoms with van der Waals surface area (Å²) in [6.45, 7) is 5.68. The Balaban J connectivity index is 0.00000165. The van der Waals surface area contributed by atoms with Crippen molar-refractivity contribution in [2.75, 3.05) is 37.6 Å². The number of benzene rings is 2. The molecule has 1 spiro atoms. The van der Waals surface area contributed by atoms with Crippen molar-refractivity contribution >= 4 is 35.3 Å². The van der Waals surface area contributed by atoms with Crippen molar-refractivity contribution in [1.82, 2.24) is 14.9 Å². The van der Waals surface area contributed by atoms with Crippen LogP contribution in [0.15, 0.2) is 41.5 Å². The van der Waals surface area contributed by atoms with Crippen LogP contribution in [0.4, 0.5) is 10.1 Å². The van der Waals surface area contributed by atoms with E-state index in [1.807, 2.05) is 6.79 Å². The van der Waals surface area contributed by atoms with Crippen LogP contribution in [0.1, 0.15) is 43.7 Å². The molecule has 0 amide bonds. The maximum Gasteiger partial charge on any atom is 0.261 e. The summed E-state index contributed by atoms with van der Waals surface area (Å²) >= 11 is 1.50. The molecule has 1 aromatic heterocycles. The number of halogens is 1. The second kappa shape index (κ2) is 13.0. The average Bonchev–Trinajstić information content (AvgIpc) is 3.42. The van der Waals surface area contributed by atoms with Gasteiger partial charge >= 0.3 is 0 Å². The smallest absolute Gasteiger partial charge is 0.261 e. The summed E-state index contributed by atoms with van der Waals surface area (Å²) in [4.78, 5) is 26.0. The molecule has 216 valence electrons. The number of rotatable bonds is 6. The standard InChI is InChI=1S/C28H30FN5O4S.CH2O/c29-23-2-4-25(33-39-20-5-11-36-12-6-20)22(15-30)26(23)38-19-1-3-24-21(13-19)27(35)34(17-32-24)18-14-28(37-16-18)7-9-31-10-8-28;1-2/h1-4,13,17-18,20,31,33H,5-12,14,16H2;1H2. The number of nitriles is 1. The van der Waals surface area contributed by atoms with Crippen molar-refractivity contribution in [3.05, 3.63) is 58.4 Å². The van der Waals surface area contributed by atoms with E-state index >= 15 is 0 Å². The number of aromatic nitrogens is 2. The van der Waals surface area contributed by atoms with E-state index in [0.29, 0.717) is 41.7 Å². The van der Waals surface area contributed by atoms with Crippen LogP contribution in [0.5, 0.6) is 11.5 Å². The fraction of sp³-hybridized carbons (Fsp3) is 0.448. The Morgan fingerprint density at radius 1 is 1.22 bits per heavy atom. The van der Waals surface area contributed by atoms with E-state index in [2.05, 4.69) is 21.1 Å². The van der Waals surface area contributed by atoms with E-state index in [9.17, 15) is 14.4 Å². The molecule has 1 atom stereocenters. The molecule has 2 N–H and O–H groups in total. The van der Waals surface area contributed by atoms with Crippen molar-refractivity contribution < 1.29 is 23.4 Å². The van der Waals surface area contributed by atoms with Gasteiger partial charge in [0.1, 0.15) is 24.2 Å². The first kappa shape index (κ1) is 29.0. The normalized spacial score (nSPS) is 20.2. The molecule has 12 heteroatoms. The Kier molecular flexibility index (Phi) is 9.19. The fourth-order valence-corrected chi connectivity index (χ4v) is 6.47. The molecule has 3 saturated heterocycles. The van der Waals surface area contributed by atoms with Gasteiger partial charge in [-0.2, -0.15) is 5.26 Å². The summed E-state index contributed by atoms with van der Waals surface area (Å²) in [6.07, 6.45) is 5.99. The zero-order chi connectivity index (χ0) is 28.8. The number of carbonyl (C=O) groups excluding carboxylic acids is 1. The molecule has 10 nitrogen and oxygen atoms in total. The summed E-state index contributed by atoms with van der Waals surface area (Å²) in [5, 5.41) is 13.9. The maximum atomic E-state index is 14.9. The molecule has 0 bridgehead atoms. The zero-order valence-corrected chi connectivity index (χ0v) is 23.4. The highest BCUT2D eigenvalue weighted by Gasteiger charge is 2.42. The molecule has 41 heavy (non-hydrogen) atoms. The van der Waals surface area contributed by atoms with Crippen LogP contribution in [0, 0.1) is 17.1 Å². The van der Waals surface area contributed by atoms with Crippen molar-refractivity contribution in [2.45, 2.75) is 49.0 Å². The van der Waals surface area contributed by atoms with Gasteiger partial charge < -0.3 is 29.0 Å². The second-order valence-electron chi connectivity index (χ2n) is 10.3. The molecule has 1 unspecified atom stereocenters. The van der Waals surface area contributed by atoms with Crippen molar-refractivity contribution in [3.8, 4) is 17.6 Å². The Labute approximate surface area is 241 Å². The van der Waals surface area contributed by atoms with Crippen LogP contribution in [0.3, 0.4) is 0 Å². The van der Waals surface area contributed by atoms with E-state index in [4.69, 9.17) is 19.0 Å². The lowest BCUT2D eigenvalue weighted by atomic mass is 9.88. The van der Waals surface area contributed by atoms with Gasteiger partial charge in [0.25, 0.3) is 5.56 Å². The largest absolute Gasteiger partial charge is 0.453 e. The molecule has 2 aromatic carbocycles. The summed E-state index contributed by atoms with van der Waals surface area (Å²) in [7, 11) is 0. The Hall–Kier alpha value is -3.50. The number of hydrogen-bond acceptors (Lipinski definition) is 10. The first-order valence-electron chi connectivity index (χ1n) is 13.6. The van der Waals surface area contributed by atoms with Gasteiger partial charge in [0.15, 0.2) is 11.6 Å². The van der Waals surface area contributed by atoms with Gasteiger partial charge in [-0.3, -0.25) is 9.36 Å². The van der Waals surface area contributed by atoms with Crippen LogP contribution in [-0.2, 0) is 14.3 Å². The van der Waals surface area contributed by atoms with E-state index in [0.717, 1.165) is 45.2 Å². The summed E-state index contributed by atoms with van der Waals surface area (Å²) < 4.78 is 37.2. The number of anilines is 1. The molecular weight excluding hydrogens is 549 g/mol. The van der Waals surface area contributed by atoms with Crippen LogP contribution in [-0.4, -0.2) is 60.1 Å². The third-order valence-corrected chi connectivity index (χ3v) is 8.94. The van der Waals surface area contributed by atoms with Gasteiger partial charge in [0.05, 0.1) is 41.2 Å². The molecule has 0 radical (unpaired) electrons. The minimum Gasteiger partial charge on any atom is -0.453 e. The summed E-state index contributed by atoms with van der Waals surface area (Å²) in [6, 6.07) is 9.64. The first-order valence-corrected chi connectivity index (χ1v) is 14.5. The summed E-state index contributed by atoms with van der Waals surface area (Å²) in [5.74, 6) is -0.593. The maximum absolute atomic E-state index is 14.9. The molecule has 3 aliphatic heterocycles. The van der Waals surface area contributed by atoms with Gasteiger partial charge in [-0.1, -0.05) is 0 Å². The molecule has 4 heterocycles. The second-order valence-corrected chi connectivity index (χ2v) is 11.4. The zero-order valence-electron chi connectivity index (χ0n) is 22.6. The number of ether oxygens (including phenoxy) is 3. The first-order chi connectivity index (χ1) is 20.0. The van der Waals surface area contributed by atoms with E-state index in [1.165, 1.54) is 24.1 Å². The molecular formula is C29H32FN5O5S. The molecule has 3 aromatic rings. The van der Waals surface area contributed by atoms with Crippen LogP contribution in [0.2, 0.25) is 0 Å². The predicted octanol–water partition coefficient (Wildman–Crippen LogP) is 4.34. The highest BCUT2D eigenvalue weighted by Crippen LogP contribution is 2.39. The minimum atomic E-state index is -0.660. The molecule has 0 aliphatic carbocycles. The van der Waals surface area contributed by atoms with Gasteiger partial charge in [-0.25, -0.2) is 9.37 Å². The third-order valence-electron chi connectivity index (χ3n) is 7.80. The lowest BCUT2D eigenvalue weighted by molar-refractivity contribution is -0.0980. The number of hydrogen-bond donors (Lipinski definition) is 2. The van der Waals surface area contributed by atoms with Gasteiger partial charge in [0.2, 0.25) is 0 Å². The fourth-order valence-electron chi connectivity index (χ4n) is 5.58. The van der Waals surface area contributed by atoms with Crippen LogP contribution < -0.4 is 20.3 Å². The molecule has 3 aliphatic rings. The Morgan fingerprint density at radius 3 is 2.76 bits per heavy atom.